The zero-order chi connectivity index (χ0) is 19.8. The number of hydrogen-bond donors (Lipinski definition) is 1. The Bertz CT molecular complexity index is 895. The molecule has 0 spiro atoms. The summed E-state index contributed by atoms with van der Waals surface area (Å²) in [5, 5.41) is 3.29. The first-order chi connectivity index (χ1) is 13.7. The van der Waals surface area contributed by atoms with Crippen LogP contribution in [0, 0.1) is 0 Å². The molecule has 1 heterocycles. The number of para-hydroxylation sites is 2. The van der Waals surface area contributed by atoms with Crippen molar-refractivity contribution in [3.05, 3.63) is 84.1 Å². The summed E-state index contributed by atoms with van der Waals surface area (Å²) >= 11 is 0. The van der Waals surface area contributed by atoms with Crippen LogP contribution in [-0.2, 0) is 6.42 Å². The van der Waals surface area contributed by atoms with Gasteiger partial charge in [0.2, 0.25) is 0 Å². The van der Waals surface area contributed by atoms with E-state index in [1.165, 1.54) is 0 Å². The van der Waals surface area contributed by atoms with Crippen molar-refractivity contribution >= 4 is 17.4 Å². The zero-order valence-corrected chi connectivity index (χ0v) is 16.3. The van der Waals surface area contributed by atoms with Crippen molar-refractivity contribution < 1.29 is 9.53 Å². The number of rotatable bonds is 8. The van der Waals surface area contributed by atoms with Crippen LogP contribution >= 0.6 is 0 Å². The quantitative estimate of drug-likeness (QED) is 0.634. The number of carbonyl (C=O) groups excluding carboxylic acids is 1. The molecule has 0 aliphatic heterocycles. The molecule has 0 aliphatic carbocycles. The van der Waals surface area contributed by atoms with Crippen molar-refractivity contribution in [3.63, 3.8) is 0 Å². The Hall–Kier alpha value is -3.34. The summed E-state index contributed by atoms with van der Waals surface area (Å²) in [6.07, 6.45) is 2.45. The van der Waals surface area contributed by atoms with Gasteiger partial charge in [-0.1, -0.05) is 36.4 Å². The van der Waals surface area contributed by atoms with Gasteiger partial charge in [-0.05, 0) is 49.2 Å². The first-order valence-electron chi connectivity index (χ1n) is 9.41. The average Bonchev–Trinajstić information content (AvgIpc) is 2.76. The maximum Gasteiger partial charge on any atom is 0.259 e. The molecule has 1 amide bonds. The van der Waals surface area contributed by atoms with E-state index in [1.54, 1.807) is 18.2 Å². The van der Waals surface area contributed by atoms with Crippen LogP contribution in [0.1, 0.15) is 22.8 Å². The minimum Gasteiger partial charge on any atom is -0.496 e. The maximum atomic E-state index is 12.8. The number of methoxy groups -OCH3 is 1. The number of anilines is 2. The lowest BCUT2D eigenvalue weighted by Gasteiger charge is -2.21. The van der Waals surface area contributed by atoms with Crippen LogP contribution in [0.2, 0.25) is 0 Å². The summed E-state index contributed by atoms with van der Waals surface area (Å²) in [6.45, 7) is 3.29. The van der Waals surface area contributed by atoms with Gasteiger partial charge >= 0.3 is 0 Å². The first-order valence-corrected chi connectivity index (χ1v) is 9.41. The van der Waals surface area contributed by atoms with Gasteiger partial charge in [-0.2, -0.15) is 0 Å². The maximum absolute atomic E-state index is 12.8. The highest BCUT2D eigenvalue weighted by Crippen LogP contribution is 2.19. The second-order valence-electron chi connectivity index (χ2n) is 6.31. The molecule has 0 aliphatic rings. The van der Waals surface area contributed by atoms with Crippen LogP contribution in [0.15, 0.2) is 72.9 Å². The predicted molar refractivity (Wildman–Crippen MR) is 113 cm³/mol. The molecule has 144 valence electrons. The normalized spacial score (nSPS) is 10.4. The van der Waals surface area contributed by atoms with E-state index in [0.29, 0.717) is 12.1 Å². The Morgan fingerprint density at radius 1 is 1.04 bits per heavy atom. The van der Waals surface area contributed by atoms with E-state index in [-0.39, 0.29) is 5.91 Å². The third-order valence-electron chi connectivity index (χ3n) is 4.53. The van der Waals surface area contributed by atoms with Gasteiger partial charge in [0.15, 0.2) is 0 Å². The van der Waals surface area contributed by atoms with Crippen molar-refractivity contribution in [1.29, 1.82) is 0 Å². The van der Waals surface area contributed by atoms with Crippen LogP contribution in [-0.4, -0.2) is 31.1 Å². The van der Waals surface area contributed by atoms with Crippen LogP contribution in [0.25, 0.3) is 0 Å². The van der Waals surface area contributed by atoms with Gasteiger partial charge in [-0.3, -0.25) is 4.79 Å². The number of aromatic nitrogens is 1. The van der Waals surface area contributed by atoms with Gasteiger partial charge in [-0.15, -0.1) is 0 Å². The molecule has 2 aromatic carbocycles. The van der Waals surface area contributed by atoms with Crippen LogP contribution in [0.5, 0.6) is 5.75 Å². The van der Waals surface area contributed by atoms with Crippen molar-refractivity contribution in [3.8, 4) is 5.75 Å². The van der Waals surface area contributed by atoms with E-state index in [0.717, 1.165) is 35.8 Å². The lowest BCUT2D eigenvalue weighted by Crippen LogP contribution is -2.30. The molecule has 0 fully saturated rings. The summed E-state index contributed by atoms with van der Waals surface area (Å²) in [5.41, 5.74) is 2.60. The fraction of sp³-hybridized carbons (Fsp3) is 0.217. The molecule has 1 aromatic heterocycles. The Balaban J connectivity index is 1.60. The highest BCUT2D eigenvalue weighted by atomic mass is 16.5. The van der Waals surface area contributed by atoms with Crippen molar-refractivity contribution in [2.75, 3.05) is 30.4 Å². The van der Waals surface area contributed by atoms with E-state index in [1.807, 2.05) is 67.6 Å². The molecule has 5 nitrogen and oxygen atoms in total. The first kappa shape index (κ1) is 19.4. The molecule has 28 heavy (non-hydrogen) atoms. The minimum atomic E-state index is -0.0539. The smallest absolute Gasteiger partial charge is 0.259 e. The Kier molecular flexibility index (Phi) is 6.63. The monoisotopic (exact) mass is 375 g/mol. The van der Waals surface area contributed by atoms with E-state index in [2.05, 4.69) is 16.4 Å². The number of benzene rings is 2. The van der Waals surface area contributed by atoms with Crippen molar-refractivity contribution in [2.45, 2.75) is 13.3 Å². The van der Waals surface area contributed by atoms with Gasteiger partial charge in [0.05, 0.1) is 12.7 Å². The lowest BCUT2D eigenvalue weighted by molar-refractivity contribution is 0.0988. The fourth-order valence-electron chi connectivity index (χ4n) is 3.07. The second-order valence-corrected chi connectivity index (χ2v) is 6.31. The molecular weight excluding hydrogens is 350 g/mol. The predicted octanol–water partition coefficient (Wildman–Crippen LogP) is 4.41. The molecule has 0 radical (unpaired) electrons. The Labute approximate surface area is 166 Å². The van der Waals surface area contributed by atoms with Gasteiger partial charge in [0.25, 0.3) is 5.91 Å². The third kappa shape index (κ3) is 4.68. The number of carbonyl (C=O) groups is 1. The number of nitrogens with one attached hydrogen (secondary N) is 1. The van der Waals surface area contributed by atoms with Crippen LogP contribution in [0.3, 0.4) is 0 Å². The van der Waals surface area contributed by atoms with E-state index < -0.39 is 0 Å². The average molecular weight is 375 g/mol. The minimum absolute atomic E-state index is 0.0539. The largest absolute Gasteiger partial charge is 0.496 e. The van der Waals surface area contributed by atoms with E-state index >= 15 is 0 Å². The molecule has 0 bridgehead atoms. The van der Waals surface area contributed by atoms with Crippen LogP contribution < -0.4 is 15.0 Å². The SMILES string of the molecule is CCN(C(=O)c1ccc(NCCc2ccccc2OC)nc1)c1ccccc1. The number of amides is 1. The zero-order valence-electron chi connectivity index (χ0n) is 16.3. The molecule has 0 saturated heterocycles. The summed E-state index contributed by atoms with van der Waals surface area (Å²) < 4.78 is 5.37. The molecule has 0 atom stereocenters. The van der Waals surface area contributed by atoms with Gasteiger partial charge in [-0.25, -0.2) is 4.98 Å². The number of hydrogen-bond acceptors (Lipinski definition) is 4. The summed E-state index contributed by atoms with van der Waals surface area (Å²) in [4.78, 5) is 18.9. The van der Waals surface area contributed by atoms with Gasteiger partial charge in [0.1, 0.15) is 11.6 Å². The van der Waals surface area contributed by atoms with E-state index in [9.17, 15) is 4.79 Å². The molecule has 3 aromatic rings. The Morgan fingerprint density at radius 2 is 1.79 bits per heavy atom. The number of nitrogens with zero attached hydrogens (tertiary/aromatic N) is 2. The summed E-state index contributed by atoms with van der Waals surface area (Å²) in [5.74, 6) is 1.58. The van der Waals surface area contributed by atoms with E-state index in [4.69, 9.17) is 4.74 Å². The molecule has 0 unspecified atom stereocenters. The molecule has 5 heteroatoms. The van der Waals surface area contributed by atoms with Crippen molar-refractivity contribution in [2.24, 2.45) is 0 Å². The number of ether oxygens (including phenoxy) is 1. The van der Waals surface area contributed by atoms with Crippen molar-refractivity contribution in [1.82, 2.24) is 4.98 Å². The summed E-state index contributed by atoms with van der Waals surface area (Å²) in [7, 11) is 1.68. The standard InChI is InChI=1S/C23H25N3O2/c1-3-26(20-10-5-4-6-11-20)23(27)19-13-14-22(25-17-19)24-16-15-18-9-7-8-12-21(18)28-2/h4-14,17H,3,15-16H2,1-2H3,(H,24,25). The Morgan fingerprint density at radius 3 is 2.46 bits per heavy atom. The molecule has 0 saturated carbocycles. The highest BCUT2D eigenvalue weighted by molar-refractivity contribution is 6.05. The van der Waals surface area contributed by atoms with Crippen LogP contribution in [0.4, 0.5) is 11.5 Å². The fourth-order valence-corrected chi connectivity index (χ4v) is 3.07. The van der Waals surface area contributed by atoms with Gasteiger partial charge in [0, 0.05) is 25.0 Å². The number of pyridine rings is 1. The van der Waals surface area contributed by atoms with Gasteiger partial charge < -0.3 is 15.0 Å². The third-order valence-corrected chi connectivity index (χ3v) is 4.53. The topological polar surface area (TPSA) is 54.5 Å². The molecule has 1 N–H and O–H groups in total. The highest BCUT2D eigenvalue weighted by Gasteiger charge is 2.16. The second kappa shape index (κ2) is 9.55. The molecule has 3 rings (SSSR count). The lowest BCUT2D eigenvalue weighted by atomic mass is 10.1. The molecular formula is C23H25N3O2. The summed E-state index contributed by atoms with van der Waals surface area (Å²) in [6, 6.07) is 21.3.